The number of methoxy groups -OCH3 is 1. The standard InChI is InChI=1S/C20H24ClN3O2/c1-26-17-6-4-5-16(15-17)9-10-23-11-13-24(14-12-23)20(25)22-19-8-3-2-7-18(19)21/h2-8,15H,9-14H2,1H3,(H,22,25). The number of hydrogen-bond acceptors (Lipinski definition) is 3. The zero-order valence-corrected chi connectivity index (χ0v) is 15.7. The van der Waals surface area contributed by atoms with E-state index in [-0.39, 0.29) is 6.03 Å². The monoisotopic (exact) mass is 373 g/mol. The van der Waals surface area contributed by atoms with Crippen molar-refractivity contribution in [3.05, 3.63) is 59.1 Å². The number of piperazine rings is 1. The Morgan fingerprint density at radius 2 is 1.88 bits per heavy atom. The normalized spacial score (nSPS) is 14.9. The fourth-order valence-electron chi connectivity index (χ4n) is 3.05. The average Bonchev–Trinajstić information content (AvgIpc) is 2.68. The second kappa shape index (κ2) is 8.92. The van der Waals surface area contributed by atoms with Gasteiger partial charge in [0.05, 0.1) is 17.8 Å². The van der Waals surface area contributed by atoms with Crippen LogP contribution in [-0.4, -0.2) is 55.7 Å². The van der Waals surface area contributed by atoms with Crippen molar-refractivity contribution in [2.75, 3.05) is 45.2 Å². The van der Waals surface area contributed by atoms with Crippen molar-refractivity contribution in [1.82, 2.24) is 9.80 Å². The molecule has 0 spiro atoms. The van der Waals surface area contributed by atoms with E-state index in [0.29, 0.717) is 23.8 Å². The number of amides is 2. The van der Waals surface area contributed by atoms with Gasteiger partial charge >= 0.3 is 6.03 Å². The number of rotatable bonds is 5. The molecule has 0 saturated carbocycles. The first-order valence-electron chi connectivity index (χ1n) is 8.81. The van der Waals surface area contributed by atoms with Crippen molar-refractivity contribution in [2.45, 2.75) is 6.42 Å². The van der Waals surface area contributed by atoms with Gasteiger partial charge in [-0.1, -0.05) is 35.9 Å². The molecule has 26 heavy (non-hydrogen) atoms. The predicted octanol–water partition coefficient (Wildman–Crippen LogP) is 3.74. The second-order valence-corrected chi connectivity index (χ2v) is 6.75. The molecule has 2 aromatic rings. The van der Waals surface area contributed by atoms with Crippen LogP contribution in [0.1, 0.15) is 5.56 Å². The van der Waals surface area contributed by atoms with Crippen LogP contribution in [0.15, 0.2) is 48.5 Å². The summed E-state index contributed by atoms with van der Waals surface area (Å²) in [7, 11) is 1.69. The summed E-state index contributed by atoms with van der Waals surface area (Å²) in [6, 6.07) is 15.4. The van der Waals surface area contributed by atoms with E-state index in [1.165, 1.54) is 5.56 Å². The molecule has 3 rings (SSSR count). The molecular weight excluding hydrogens is 350 g/mol. The lowest BCUT2D eigenvalue weighted by Crippen LogP contribution is -2.50. The van der Waals surface area contributed by atoms with Crippen molar-refractivity contribution in [1.29, 1.82) is 0 Å². The van der Waals surface area contributed by atoms with Crippen molar-refractivity contribution in [2.24, 2.45) is 0 Å². The molecule has 1 aliphatic rings. The molecule has 0 atom stereocenters. The molecule has 0 unspecified atom stereocenters. The van der Waals surface area contributed by atoms with Crippen LogP contribution < -0.4 is 10.1 Å². The van der Waals surface area contributed by atoms with Crippen LogP contribution in [0.2, 0.25) is 5.02 Å². The molecule has 5 nitrogen and oxygen atoms in total. The van der Waals surface area contributed by atoms with Crippen molar-refractivity contribution in [3.63, 3.8) is 0 Å². The van der Waals surface area contributed by atoms with Gasteiger partial charge in [-0.15, -0.1) is 0 Å². The average molecular weight is 374 g/mol. The van der Waals surface area contributed by atoms with Gasteiger partial charge in [-0.3, -0.25) is 4.90 Å². The first kappa shape index (κ1) is 18.5. The van der Waals surface area contributed by atoms with Crippen LogP contribution in [0, 0.1) is 0 Å². The summed E-state index contributed by atoms with van der Waals surface area (Å²) in [6.07, 6.45) is 0.975. The van der Waals surface area contributed by atoms with Gasteiger partial charge in [0.2, 0.25) is 0 Å². The number of urea groups is 1. The van der Waals surface area contributed by atoms with E-state index in [0.717, 1.165) is 31.8 Å². The highest BCUT2D eigenvalue weighted by Crippen LogP contribution is 2.21. The first-order chi connectivity index (χ1) is 12.7. The van der Waals surface area contributed by atoms with Gasteiger partial charge in [0.15, 0.2) is 0 Å². The smallest absolute Gasteiger partial charge is 0.321 e. The highest BCUT2D eigenvalue weighted by atomic mass is 35.5. The van der Waals surface area contributed by atoms with Crippen LogP contribution >= 0.6 is 11.6 Å². The number of carbonyl (C=O) groups is 1. The van der Waals surface area contributed by atoms with E-state index < -0.39 is 0 Å². The Kier molecular flexibility index (Phi) is 6.36. The summed E-state index contributed by atoms with van der Waals surface area (Å²) in [6.45, 7) is 4.16. The quantitative estimate of drug-likeness (QED) is 0.868. The largest absolute Gasteiger partial charge is 0.497 e. The van der Waals surface area contributed by atoms with Crippen molar-refractivity contribution < 1.29 is 9.53 Å². The summed E-state index contributed by atoms with van der Waals surface area (Å²) in [4.78, 5) is 16.6. The van der Waals surface area contributed by atoms with Gasteiger partial charge in [0.25, 0.3) is 0 Å². The van der Waals surface area contributed by atoms with Crippen LogP contribution in [0.3, 0.4) is 0 Å². The third kappa shape index (κ3) is 4.90. The molecule has 138 valence electrons. The molecule has 1 saturated heterocycles. The molecular formula is C20H24ClN3O2. The first-order valence-corrected chi connectivity index (χ1v) is 9.19. The zero-order chi connectivity index (χ0) is 18.4. The topological polar surface area (TPSA) is 44.8 Å². The van der Waals surface area contributed by atoms with Crippen molar-refractivity contribution in [3.8, 4) is 5.75 Å². The van der Waals surface area contributed by atoms with E-state index in [9.17, 15) is 4.79 Å². The van der Waals surface area contributed by atoms with Crippen LogP contribution in [0.4, 0.5) is 10.5 Å². The lowest BCUT2D eigenvalue weighted by Gasteiger charge is -2.34. The molecule has 6 heteroatoms. The maximum atomic E-state index is 12.4. The summed E-state index contributed by atoms with van der Waals surface area (Å²) >= 11 is 6.10. The number of carbonyl (C=O) groups excluding carboxylic acids is 1. The minimum absolute atomic E-state index is 0.0921. The molecule has 2 aromatic carbocycles. The van der Waals surface area contributed by atoms with Gasteiger partial charge in [-0.2, -0.15) is 0 Å². The number of benzene rings is 2. The van der Waals surface area contributed by atoms with Gasteiger partial charge in [-0.05, 0) is 36.2 Å². The summed E-state index contributed by atoms with van der Waals surface area (Å²) in [5.74, 6) is 0.892. The Labute approximate surface area is 159 Å². The molecule has 0 bridgehead atoms. The zero-order valence-electron chi connectivity index (χ0n) is 15.0. The van der Waals surface area contributed by atoms with E-state index in [1.807, 2.05) is 35.2 Å². The summed E-state index contributed by atoms with van der Waals surface area (Å²) in [5.41, 5.74) is 1.92. The predicted molar refractivity (Wildman–Crippen MR) is 105 cm³/mol. The van der Waals surface area contributed by atoms with Gasteiger partial charge in [-0.25, -0.2) is 4.79 Å². The number of nitrogens with one attached hydrogen (secondary N) is 1. The maximum absolute atomic E-state index is 12.4. The van der Waals surface area contributed by atoms with Gasteiger partial charge in [0.1, 0.15) is 5.75 Å². The molecule has 1 fully saturated rings. The Bertz CT molecular complexity index is 745. The Hall–Kier alpha value is -2.24. The highest BCUT2D eigenvalue weighted by Gasteiger charge is 2.21. The molecule has 1 N–H and O–H groups in total. The van der Waals surface area contributed by atoms with Crippen molar-refractivity contribution >= 4 is 23.3 Å². The van der Waals surface area contributed by atoms with Gasteiger partial charge in [0, 0.05) is 32.7 Å². The minimum Gasteiger partial charge on any atom is -0.497 e. The van der Waals surface area contributed by atoms with Gasteiger partial charge < -0.3 is 15.0 Å². The number of para-hydroxylation sites is 1. The minimum atomic E-state index is -0.0921. The van der Waals surface area contributed by atoms with E-state index in [1.54, 1.807) is 13.2 Å². The fraction of sp³-hybridized carbons (Fsp3) is 0.350. The number of ether oxygens (including phenoxy) is 1. The van der Waals surface area contributed by atoms with Crippen LogP contribution in [-0.2, 0) is 6.42 Å². The number of halogens is 1. The third-order valence-electron chi connectivity index (χ3n) is 4.63. The lowest BCUT2D eigenvalue weighted by molar-refractivity contribution is 0.148. The fourth-order valence-corrected chi connectivity index (χ4v) is 3.23. The highest BCUT2D eigenvalue weighted by molar-refractivity contribution is 6.33. The molecule has 0 aliphatic carbocycles. The van der Waals surface area contributed by atoms with E-state index >= 15 is 0 Å². The Morgan fingerprint density at radius 1 is 1.12 bits per heavy atom. The Morgan fingerprint density at radius 3 is 2.62 bits per heavy atom. The molecule has 1 aliphatic heterocycles. The molecule has 0 radical (unpaired) electrons. The van der Waals surface area contributed by atoms with E-state index in [4.69, 9.17) is 16.3 Å². The Balaban J connectivity index is 1.45. The van der Waals surface area contributed by atoms with Crippen LogP contribution in [0.5, 0.6) is 5.75 Å². The number of anilines is 1. The second-order valence-electron chi connectivity index (χ2n) is 6.34. The number of hydrogen-bond donors (Lipinski definition) is 1. The van der Waals surface area contributed by atoms with E-state index in [2.05, 4.69) is 22.3 Å². The number of nitrogens with zero attached hydrogens (tertiary/aromatic N) is 2. The van der Waals surface area contributed by atoms with Crippen LogP contribution in [0.25, 0.3) is 0 Å². The molecule has 1 heterocycles. The summed E-state index contributed by atoms with van der Waals surface area (Å²) in [5, 5.41) is 3.44. The third-order valence-corrected chi connectivity index (χ3v) is 4.96. The SMILES string of the molecule is COc1cccc(CCN2CCN(C(=O)Nc3ccccc3Cl)CC2)c1. The summed E-state index contributed by atoms with van der Waals surface area (Å²) < 4.78 is 5.27. The molecule has 2 amide bonds. The maximum Gasteiger partial charge on any atom is 0.321 e. The lowest BCUT2D eigenvalue weighted by atomic mass is 10.1. The molecule has 0 aromatic heterocycles.